The zero-order valence-electron chi connectivity index (χ0n) is 15.2. The summed E-state index contributed by atoms with van der Waals surface area (Å²) >= 11 is 5.97. The molecule has 0 aliphatic carbocycles. The summed E-state index contributed by atoms with van der Waals surface area (Å²) in [5.74, 6) is 1.44. The second-order valence-electron chi connectivity index (χ2n) is 6.33. The molecule has 0 saturated carbocycles. The molecule has 0 bridgehead atoms. The van der Waals surface area contributed by atoms with Crippen molar-refractivity contribution in [1.29, 1.82) is 0 Å². The van der Waals surface area contributed by atoms with Crippen LogP contribution in [0, 0.1) is 11.8 Å². The zero-order valence-corrected chi connectivity index (χ0v) is 15.9. The highest BCUT2D eigenvalue weighted by atomic mass is 35.5. The van der Waals surface area contributed by atoms with Crippen LogP contribution in [0.2, 0.25) is 5.02 Å². The number of halogens is 1. The van der Waals surface area contributed by atoms with Crippen LogP contribution in [-0.4, -0.2) is 56.7 Å². The van der Waals surface area contributed by atoms with Crippen molar-refractivity contribution in [3.05, 3.63) is 29.3 Å². The third-order valence-electron chi connectivity index (χ3n) is 4.31. The Kier molecular flexibility index (Phi) is 6.93. The van der Waals surface area contributed by atoms with Gasteiger partial charge >= 0.3 is 5.97 Å². The van der Waals surface area contributed by atoms with Gasteiger partial charge in [0.25, 0.3) is 0 Å². The van der Waals surface area contributed by atoms with E-state index in [4.69, 9.17) is 21.1 Å². The number of carbonyl (C=O) groups excluding carboxylic acids is 1. The minimum absolute atomic E-state index is 0.0633. The molecule has 2 rings (SSSR count). The van der Waals surface area contributed by atoms with Crippen molar-refractivity contribution >= 4 is 23.5 Å². The highest BCUT2D eigenvalue weighted by molar-refractivity contribution is 6.30. The third kappa shape index (κ3) is 5.26. The predicted molar refractivity (Wildman–Crippen MR) is 99.1 cm³/mol. The lowest BCUT2D eigenvalue weighted by molar-refractivity contribution is -0.145. The molecule has 1 fully saturated rings. The number of guanidine groups is 1. The van der Waals surface area contributed by atoms with Gasteiger partial charge in [0.05, 0.1) is 19.6 Å². The molecule has 0 aromatic heterocycles. The highest BCUT2D eigenvalue weighted by Gasteiger charge is 2.36. The maximum atomic E-state index is 11.8. The molecule has 7 heteroatoms. The van der Waals surface area contributed by atoms with E-state index in [-0.39, 0.29) is 23.9 Å². The molecule has 3 unspecified atom stereocenters. The number of esters is 1. The Hall–Kier alpha value is -1.95. The Balaban J connectivity index is 1.87. The number of nitrogens with zero attached hydrogens (tertiary/aromatic N) is 2. The number of carbonyl (C=O) groups is 1. The van der Waals surface area contributed by atoms with E-state index in [0.717, 1.165) is 18.3 Å². The molecule has 138 valence electrons. The van der Waals surface area contributed by atoms with E-state index >= 15 is 0 Å². The van der Waals surface area contributed by atoms with Crippen LogP contribution in [0.5, 0.6) is 5.75 Å². The van der Waals surface area contributed by atoms with Gasteiger partial charge in [0, 0.05) is 25.2 Å². The van der Waals surface area contributed by atoms with Crippen LogP contribution in [-0.2, 0) is 9.53 Å². The van der Waals surface area contributed by atoms with Crippen LogP contribution in [0.4, 0.5) is 0 Å². The van der Waals surface area contributed by atoms with Crippen LogP contribution in [0.15, 0.2) is 29.3 Å². The number of aliphatic imine (C=N–C) groups is 1. The van der Waals surface area contributed by atoms with Gasteiger partial charge in [-0.25, -0.2) is 0 Å². The molecule has 25 heavy (non-hydrogen) atoms. The molecular weight excluding hydrogens is 342 g/mol. The van der Waals surface area contributed by atoms with E-state index < -0.39 is 0 Å². The molecule has 1 aliphatic rings. The lowest BCUT2D eigenvalue weighted by Crippen LogP contribution is -2.44. The highest BCUT2D eigenvalue weighted by Crippen LogP contribution is 2.24. The van der Waals surface area contributed by atoms with E-state index in [0.29, 0.717) is 18.1 Å². The van der Waals surface area contributed by atoms with Gasteiger partial charge in [0.15, 0.2) is 5.96 Å². The minimum atomic E-state index is -0.164. The summed E-state index contributed by atoms with van der Waals surface area (Å²) in [7, 11) is 3.17. The summed E-state index contributed by atoms with van der Waals surface area (Å²) in [6.45, 7) is 6.00. The smallest absolute Gasteiger partial charge is 0.310 e. The SMILES string of the molecule is CN=C(NCC(C)Oc1cccc(Cl)c1)N1CC(C)C(C(=O)OC)C1. The van der Waals surface area contributed by atoms with Gasteiger partial charge in [-0.1, -0.05) is 24.6 Å². The van der Waals surface area contributed by atoms with Crippen molar-refractivity contribution in [2.45, 2.75) is 20.0 Å². The summed E-state index contributed by atoms with van der Waals surface area (Å²) in [5, 5.41) is 3.96. The van der Waals surface area contributed by atoms with Crippen molar-refractivity contribution in [2.75, 3.05) is 33.8 Å². The molecule has 6 nitrogen and oxygen atoms in total. The van der Waals surface area contributed by atoms with Crippen molar-refractivity contribution in [1.82, 2.24) is 10.2 Å². The largest absolute Gasteiger partial charge is 0.489 e. The van der Waals surface area contributed by atoms with Crippen LogP contribution in [0.1, 0.15) is 13.8 Å². The Morgan fingerprint density at radius 2 is 2.24 bits per heavy atom. The summed E-state index contributed by atoms with van der Waals surface area (Å²) < 4.78 is 10.7. The number of likely N-dealkylation sites (tertiary alicyclic amines) is 1. The number of methoxy groups -OCH3 is 1. The molecule has 1 heterocycles. The average Bonchev–Trinajstić information content (AvgIpc) is 2.96. The summed E-state index contributed by atoms with van der Waals surface area (Å²) in [6.07, 6.45) is -0.0633. The number of hydrogen-bond donors (Lipinski definition) is 1. The minimum Gasteiger partial charge on any atom is -0.489 e. The molecule has 0 radical (unpaired) electrons. The molecule has 1 aromatic carbocycles. The standard InChI is InChI=1S/C18H26ClN3O3/c1-12-10-22(11-16(12)17(23)24-4)18(20-3)21-9-13(2)25-15-7-5-6-14(19)8-15/h5-8,12-13,16H,9-11H2,1-4H3,(H,20,21). The Bertz CT molecular complexity index is 623. The molecule has 1 aliphatic heterocycles. The van der Waals surface area contributed by atoms with Gasteiger partial charge < -0.3 is 19.7 Å². The van der Waals surface area contributed by atoms with Gasteiger partial charge in [-0.05, 0) is 31.0 Å². The van der Waals surface area contributed by atoms with E-state index in [1.807, 2.05) is 25.1 Å². The first kappa shape index (κ1) is 19.4. The molecule has 1 N–H and O–H groups in total. The predicted octanol–water partition coefficient (Wildman–Crippen LogP) is 2.42. The fraction of sp³-hybridized carbons (Fsp3) is 0.556. The normalized spacial score (nSPS) is 21.8. The van der Waals surface area contributed by atoms with E-state index in [1.165, 1.54) is 7.11 Å². The van der Waals surface area contributed by atoms with Gasteiger partial charge in [0.2, 0.25) is 0 Å². The fourth-order valence-corrected chi connectivity index (χ4v) is 3.16. The van der Waals surface area contributed by atoms with Gasteiger partial charge in [-0.15, -0.1) is 0 Å². The Morgan fingerprint density at radius 3 is 2.88 bits per heavy atom. The Morgan fingerprint density at radius 1 is 1.48 bits per heavy atom. The van der Waals surface area contributed by atoms with Crippen molar-refractivity contribution in [3.63, 3.8) is 0 Å². The lowest BCUT2D eigenvalue weighted by atomic mass is 9.99. The topological polar surface area (TPSA) is 63.2 Å². The average molecular weight is 368 g/mol. The number of hydrogen-bond acceptors (Lipinski definition) is 4. The molecular formula is C18H26ClN3O3. The second-order valence-corrected chi connectivity index (χ2v) is 6.76. The van der Waals surface area contributed by atoms with Crippen molar-refractivity contribution in [3.8, 4) is 5.75 Å². The van der Waals surface area contributed by atoms with Crippen LogP contribution in [0.25, 0.3) is 0 Å². The van der Waals surface area contributed by atoms with Gasteiger partial charge in [0.1, 0.15) is 11.9 Å². The van der Waals surface area contributed by atoms with Crippen LogP contribution in [0.3, 0.4) is 0 Å². The summed E-state index contributed by atoms with van der Waals surface area (Å²) in [4.78, 5) is 18.2. The number of nitrogens with one attached hydrogen (secondary N) is 1. The first-order valence-corrected chi connectivity index (χ1v) is 8.78. The van der Waals surface area contributed by atoms with Crippen molar-refractivity contribution in [2.24, 2.45) is 16.8 Å². The van der Waals surface area contributed by atoms with Crippen molar-refractivity contribution < 1.29 is 14.3 Å². The van der Waals surface area contributed by atoms with Gasteiger partial charge in [-0.2, -0.15) is 0 Å². The summed E-state index contributed by atoms with van der Waals surface area (Å²) in [5.41, 5.74) is 0. The van der Waals surface area contributed by atoms with Crippen LogP contribution < -0.4 is 10.1 Å². The number of benzene rings is 1. The summed E-state index contributed by atoms with van der Waals surface area (Å²) in [6, 6.07) is 7.33. The third-order valence-corrected chi connectivity index (χ3v) is 4.54. The first-order chi connectivity index (χ1) is 11.9. The molecule has 1 aromatic rings. The lowest BCUT2D eigenvalue weighted by Gasteiger charge is -2.23. The fourth-order valence-electron chi connectivity index (χ4n) is 2.98. The maximum absolute atomic E-state index is 11.8. The first-order valence-electron chi connectivity index (χ1n) is 8.40. The Labute approximate surface area is 154 Å². The quantitative estimate of drug-likeness (QED) is 0.492. The molecule has 0 amide bonds. The maximum Gasteiger partial charge on any atom is 0.310 e. The molecule has 0 spiro atoms. The number of ether oxygens (including phenoxy) is 2. The van der Waals surface area contributed by atoms with Gasteiger partial charge in [-0.3, -0.25) is 9.79 Å². The van der Waals surface area contributed by atoms with E-state index in [9.17, 15) is 4.79 Å². The second kappa shape index (κ2) is 8.94. The van der Waals surface area contributed by atoms with E-state index in [2.05, 4.69) is 22.1 Å². The monoisotopic (exact) mass is 367 g/mol. The molecule has 3 atom stereocenters. The van der Waals surface area contributed by atoms with Crippen LogP contribution >= 0.6 is 11.6 Å². The number of rotatable bonds is 5. The zero-order chi connectivity index (χ0) is 18.4. The molecule has 1 saturated heterocycles. The van der Waals surface area contributed by atoms with E-state index in [1.54, 1.807) is 13.1 Å².